The van der Waals surface area contributed by atoms with E-state index in [-0.39, 0.29) is 11.9 Å². The summed E-state index contributed by atoms with van der Waals surface area (Å²) < 4.78 is 0. The zero-order valence-electron chi connectivity index (χ0n) is 11.7. The second-order valence-electron chi connectivity index (χ2n) is 5.46. The van der Waals surface area contributed by atoms with Gasteiger partial charge in [-0.25, -0.2) is 0 Å². The number of amides is 1. The summed E-state index contributed by atoms with van der Waals surface area (Å²) >= 11 is 0. The summed E-state index contributed by atoms with van der Waals surface area (Å²) in [6.45, 7) is 4.67. The molecule has 1 aromatic carbocycles. The minimum absolute atomic E-state index is 0.0752. The van der Waals surface area contributed by atoms with Gasteiger partial charge < -0.3 is 20.9 Å². The maximum Gasteiger partial charge on any atom is 0.244 e. The lowest BCUT2D eigenvalue weighted by Gasteiger charge is -2.27. The molecule has 5 heteroatoms. The van der Waals surface area contributed by atoms with Crippen molar-refractivity contribution in [3.63, 3.8) is 0 Å². The van der Waals surface area contributed by atoms with Gasteiger partial charge in [-0.3, -0.25) is 4.79 Å². The number of fused-ring (bicyclic) bond motifs is 1. The van der Waals surface area contributed by atoms with Crippen molar-refractivity contribution in [3.8, 4) is 0 Å². The minimum atomic E-state index is -0.191. The first-order chi connectivity index (χ1) is 9.83. The molecule has 3 N–H and O–H groups in total. The van der Waals surface area contributed by atoms with Crippen molar-refractivity contribution in [2.45, 2.75) is 18.9 Å². The van der Waals surface area contributed by atoms with Gasteiger partial charge in [0.25, 0.3) is 0 Å². The molecule has 0 spiro atoms. The number of nitrogens with zero attached hydrogens (tertiary/aromatic N) is 1. The molecule has 2 aliphatic rings. The lowest BCUT2D eigenvalue weighted by molar-refractivity contribution is -0.121. The first kappa shape index (κ1) is 13.2. The van der Waals surface area contributed by atoms with E-state index < -0.39 is 0 Å². The molecule has 1 atom stereocenters. The van der Waals surface area contributed by atoms with Crippen LogP contribution in [0.1, 0.15) is 12.8 Å². The van der Waals surface area contributed by atoms with Gasteiger partial charge in [-0.1, -0.05) is 12.1 Å². The van der Waals surface area contributed by atoms with Crippen molar-refractivity contribution in [2.24, 2.45) is 0 Å². The summed E-state index contributed by atoms with van der Waals surface area (Å²) in [6, 6.07) is 7.78. The highest BCUT2D eigenvalue weighted by molar-refractivity contribution is 5.88. The maximum atomic E-state index is 12.1. The highest BCUT2D eigenvalue weighted by atomic mass is 16.2. The fourth-order valence-electron chi connectivity index (χ4n) is 2.84. The molecule has 2 heterocycles. The van der Waals surface area contributed by atoms with Crippen LogP contribution in [0.25, 0.3) is 0 Å². The Morgan fingerprint density at radius 2 is 2.00 bits per heavy atom. The molecule has 1 fully saturated rings. The summed E-state index contributed by atoms with van der Waals surface area (Å²) in [5, 5.41) is 9.61. The van der Waals surface area contributed by atoms with E-state index in [0.717, 1.165) is 24.5 Å². The van der Waals surface area contributed by atoms with Crippen LogP contribution in [0.15, 0.2) is 24.3 Å². The molecule has 3 rings (SSSR count). The summed E-state index contributed by atoms with van der Waals surface area (Å²) in [5.74, 6) is 0.0752. The first-order valence-corrected chi connectivity index (χ1v) is 7.42. The number of benzene rings is 1. The number of rotatable bonds is 4. The number of carbonyl (C=O) groups is 1. The quantitative estimate of drug-likeness (QED) is 0.770. The van der Waals surface area contributed by atoms with Crippen molar-refractivity contribution in [1.82, 2.24) is 10.2 Å². The smallest absolute Gasteiger partial charge is 0.244 e. The molecule has 1 amide bonds. The Morgan fingerprint density at radius 1 is 1.25 bits per heavy atom. The number of carbonyl (C=O) groups excluding carboxylic acids is 1. The normalized spacial score (nSPS) is 21.7. The summed E-state index contributed by atoms with van der Waals surface area (Å²) in [4.78, 5) is 14.6. The molecule has 5 nitrogen and oxygen atoms in total. The van der Waals surface area contributed by atoms with Crippen LogP contribution in [0.4, 0.5) is 11.4 Å². The van der Waals surface area contributed by atoms with Gasteiger partial charge in [0.15, 0.2) is 0 Å². The fourth-order valence-corrected chi connectivity index (χ4v) is 2.84. The Balaban J connectivity index is 1.46. The van der Waals surface area contributed by atoms with Gasteiger partial charge in [-0.2, -0.15) is 0 Å². The monoisotopic (exact) mass is 274 g/mol. The van der Waals surface area contributed by atoms with E-state index in [4.69, 9.17) is 0 Å². The van der Waals surface area contributed by atoms with Crippen LogP contribution < -0.4 is 16.0 Å². The standard InChI is InChI=1S/C15H22N4O/c20-15(16-7-10-19-8-3-4-9-19)14-11-17-12-5-1-2-6-13(12)18-14/h1-2,5-6,14,17-18H,3-4,7-11H2,(H,16,20). The van der Waals surface area contributed by atoms with E-state index in [0.29, 0.717) is 6.54 Å². The number of anilines is 2. The second kappa shape index (κ2) is 6.13. The Labute approximate surface area is 119 Å². The van der Waals surface area contributed by atoms with E-state index in [9.17, 15) is 4.79 Å². The molecule has 0 aromatic heterocycles. The molecule has 0 radical (unpaired) electrons. The molecular weight excluding hydrogens is 252 g/mol. The third kappa shape index (κ3) is 3.04. The maximum absolute atomic E-state index is 12.1. The van der Waals surface area contributed by atoms with Crippen molar-refractivity contribution < 1.29 is 4.79 Å². The van der Waals surface area contributed by atoms with Crippen LogP contribution in [0.5, 0.6) is 0 Å². The zero-order valence-corrected chi connectivity index (χ0v) is 11.7. The van der Waals surface area contributed by atoms with Crippen LogP contribution in [0.3, 0.4) is 0 Å². The van der Waals surface area contributed by atoms with Crippen LogP contribution in [0, 0.1) is 0 Å². The number of nitrogens with one attached hydrogen (secondary N) is 3. The molecule has 1 unspecified atom stereocenters. The largest absolute Gasteiger partial charge is 0.381 e. The third-order valence-electron chi connectivity index (χ3n) is 4.00. The number of hydrogen-bond donors (Lipinski definition) is 3. The average molecular weight is 274 g/mol. The van der Waals surface area contributed by atoms with Crippen molar-refractivity contribution in [1.29, 1.82) is 0 Å². The van der Waals surface area contributed by atoms with Crippen molar-refractivity contribution in [2.75, 3.05) is 43.4 Å². The fraction of sp³-hybridized carbons (Fsp3) is 0.533. The van der Waals surface area contributed by atoms with Crippen molar-refractivity contribution >= 4 is 17.3 Å². The zero-order chi connectivity index (χ0) is 13.8. The lowest BCUT2D eigenvalue weighted by atomic mass is 10.1. The highest BCUT2D eigenvalue weighted by Crippen LogP contribution is 2.25. The first-order valence-electron chi connectivity index (χ1n) is 7.42. The van der Waals surface area contributed by atoms with E-state index in [1.165, 1.54) is 25.9 Å². The second-order valence-corrected chi connectivity index (χ2v) is 5.46. The SMILES string of the molecule is O=C(NCCN1CCCC1)C1CNc2ccccc2N1. The van der Waals surface area contributed by atoms with Crippen LogP contribution >= 0.6 is 0 Å². The summed E-state index contributed by atoms with van der Waals surface area (Å²) in [7, 11) is 0. The predicted octanol–water partition coefficient (Wildman–Crippen LogP) is 1.10. The van der Waals surface area contributed by atoms with Crippen molar-refractivity contribution in [3.05, 3.63) is 24.3 Å². The van der Waals surface area contributed by atoms with E-state index in [2.05, 4.69) is 20.9 Å². The van der Waals surface area contributed by atoms with Crippen LogP contribution in [-0.2, 0) is 4.79 Å². The molecule has 20 heavy (non-hydrogen) atoms. The van der Waals surface area contributed by atoms with Gasteiger partial charge in [0.05, 0.1) is 11.4 Å². The molecular formula is C15H22N4O. The molecule has 1 aromatic rings. The van der Waals surface area contributed by atoms with Crippen LogP contribution in [-0.4, -0.2) is 49.6 Å². The number of likely N-dealkylation sites (tertiary alicyclic amines) is 1. The van der Waals surface area contributed by atoms with E-state index >= 15 is 0 Å². The molecule has 0 aliphatic carbocycles. The van der Waals surface area contributed by atoms with Gasteiger partial charge in [0, 0.05) is 19.6 Å². The van der Waals surface area contributed by atoms with E-state index in [1.54, 1.807) is 0 Å². The van der Waals surface area contributed by atoms with Gasteiger partial charge in [-0.05, 0) is 38.1 Å². The minimum Gasteiger partial charge on any atom is -0.381 e. The summed E-state index contributed by atoms with van der Waals surface area (Å²) in [6.07, 6.45) is 2.58. The molecule has 0 saturated carbocycles. The number of para-hydroxylation sites is 2. The Bertz CT molecular complexity index is 471. The highest BCUT2D eigenvalue weighted by Gasteiger charge is 2.23. The third-order valence-corrected chi connectivity index (χ3v) is 4.00. The molecule has 2 aliphatic heterocycles. The topological polar surface area (TPSA) is 56.4 Å². The lowest BCUT2D eigenvalue weighted by Crippen LogP contribution is -2.47. The van der Waals surface area contributed by atoms with E-state index in [1.807, 2.05) is 24.3 Å². The Hall–Kier alpha value is -1.75. The predicted molar refractivity (Wildman–Crippen MR) is 81.0 cm³/mol. The Kier molecular flexibility index (Phi) is 4.06. The molecule has 108 valence electrons. The summed E-state index contributed by atoms with van der Waals surface area (Å²) in [5.41, 5.74) is 2.06. The van der Waals surface area contributed by atoms with Gasteiger partial charge in [-0.15, -0.1) is 0 Å². The van der Waals surface area contributed by atoms with Crippen LogP contribution in [0.2, 0.25) is 0 Å². The van der Waals surface area contributed by atoms with Gasteiger partial charge in [0.2, 0.25) is 5.91 Å². The Morgan fingerprint density at radius 3 is 2.80 bits per heavy atom. The number of hydrogen-bond acceptors (Lipinski definition) is 4. The van der Waals surface area contributed by atoms with Gasteiger partial charge in [0.1, 0.15) is 6.04 Å². The van der Waals surface area contributed by atoms with Gasteiger partial charge >= 0.3 is 0 Å². The molecule has 1 saturated heterocycles. The average Bonchev–Trinajstić information content (AvgIpc) is 3.00. The molecule has 0 bridgehead atoms.